The molecule has 3 nitrogen and oxygen atoms in total. The molecular weight excluding hydrogens is 356 g/mol. The lowest BCUT2D eigenvalue weighted by atomic mass is 9.67. The quantitative estimate of drug-likeness (QED) is 0.519. The molecule has 3 atom stereocenters. The van der Waals surface area contributed by atoms with Gasteiger partial charge in [0, 0.05) is 17.3 Å². The minimum atomic E-state index is -0.360. The second-order valence-electron chi connectivity index (χ2n) is 9.46. The summed E-state index contributed by atoms with van der Waals surface area (Å²) in [4.78, 5) is 7.65. The van der Waals surface area contributed by atoms with Gasteiger partial charge in [0.15, 0.2) is 5.75 Å². The van der Waals surface area contributed by atoms with Gasteiger partial charge in [-0.05, 0) is 81.3 Å². The summed E-state index contributed by atoms with van der Waals surface area (Å²) in [5, 5.41) is 2.50. The molecule has 3 aliphatic heterocycles. The molecule has 4 bridgehead atoms. The number of hydrogen-bond acceptors (Lipinski definition) is 3. The molecule has 7 rings (SSSR count). The van der Waals surface area contributed by atoms with Gasteiger partial charge in [0.05, 0.1) is 6.21 Å². The van der Waals surface area contributed by atoms with Crippen LogP contribution in [0.3, 0.4) is 0 Å². The molecule has 29 heavy (non-hydrogen) atoms. The first kappa shape index (κ1) is 19.1. The summed E-state index contributed by atoms with van der Waals surface area (Å²) >= 11 is 0. The van der Waals surface area contributed by atoms with Crippen LogP contribution in [0.5, 0.6) is 5.75 Å². The van der Waals surface area contributed by atoms with Gasteiger partial charge in [-0.1, -0.05) is 38.1 Å². The number of rotatable bonds is 0. The number of aryl methyl sites for hydroxylation is 1. The van der Waals surface area contributed by atoms with Crippen LogP contribution < -0.4 is 4.74 Å². The second kappa shape index (κ2) is 6.84. The molecule has 3 unspecified atom stereocenters. The topological polar surface area (TPSA) is 24.8 Å². The van der Waals surface area contributed by atoms with Crippen LogP contribution in [0.2, 0.25) is 0 Å². The molecular formula is C26H34N2O. The predicted molar refractivity (Wildman–Crippen MR) is 121 cm³/mol. The van der Waals surface area contributed by atoms with Crippen molar-refractivity contribution in [2.24, 2.45) is 22.7 Å². The minimum absolute atomic E-state index is 0.360. The Labute approximate surface area is 175 Å². The van der Waals surface area contributed by atoms with E-state index in [1.165, 1.54) is 54.0 Å². The number of nitrogens with zero attached hydrogens (tertiary/aromatic N) is 2. The molecule has 2 aromatic rings. The van der Waals surface area contributed by atoms with Crippen LogP contribution in [0.4, 0.5) is 5.69 Å². The number of aliphatic imine (C=N–C) groups is 1. The van der Waals surface area contributed by atoms with Crippen LogP contribution in [-0.2, 0) is 0 Å². The fourth-order valence-electron chi connectivity index (χ4n) is 6.68. The normalized spacial score (nSPS) is 34.5. The van der Waals surface area contributed by atoms with Crippen molar-refractivity contribution >= 4 is 22.7 Å². The molecule has 3 heteroatoms. The summed E-state index contributed by atoms with van der Waals surface area (Å²) in [5.74, 6) is 3.34. The molecule has 0 amide bonds. The summed E-state index contributed by atoms with van der Waals surface area (Å²) in [7, 11) is 2.29. The van der Waals surface area contributed by atoms with Gasteiger partial charge in [-0.2, -0.15) is 0 Å². The van der Waals surface area contributed by atoms with E-state index in [9.17, 15) is 0 Å². The molecule has 154 valence electrons. The van der Waals surface area contributed by atoms with Crippen molar-refractivity contribution in [2.45, 2.75) is 71.6 Å². The van der Waals surface area contributed by atoms with Crippen LogP contribution in [0, 0.1) is 31.6 Å². The van der Waals surface area contributed by atoms with Crippen molar-refractivity contribution in [3.8, 4) is 5.75 Å². The van der Waals surface area contributed by atoms with Gasteiger partial charge in [0.2, 0.25) is 5.72 Å². The summed E-state index contributed by atoms with van der Waals surface area (Å²) in [6.45, 7) is 8.42. The highest BCUT2D eigenvalue weighted by Gasteiger charge is 2.56. The molecule has 4 fully saturated rings. The average molecular weight is 391 g/mol. The summed E-state index contributed by atoms with van der Waals surface area (Å²) < 4.78 is 7.03. The largest absolute Gasteiger partial charge is 0.464 e. The van der Waals surface area contributed by atoms with Gasteiger partial charge in [-0.3, -0.25) is 9.89 Å². The van der Waals surface area contributed by atoms with E-state index in [1.807, 2.05) is 13.8 Å². The van der Waals surface area contributed by atoms with Crippen LogP contribution in [-0.4, -0.2) is 29.9 Å². The van der Waals surface area contributed by atoms with Gasteiger partial charge in [0.25, 0.3) is 0 Å². The van der Waals surface area contributed by atoms with E-state index < -0.39 is 0 Å². The van der Waals surface area contributed by atoms with Gasteiger partial charge >= 0.3 is 0 Å². The molecule has 2 saturated heterocycles. The summed E-state index contributed by atoms with van der Waals surface area (Å²) in [6, 6.07) is 9.25. The van der Waals surface area contributed by atoms with Crippen molar-refractivity contribution in [1.82, 2.24) is 4.90 Å². The van der Waals surface area contributed by atoms with Crippen molar-refractivity contribution < 1.29 is 4.74 Å². The van der Waals surface area contributed by atoms with Crippen molar-refractivity contribution in [1.29, 1.82) is 0 Å². The van der Waals surface area contributed by atoms with Gasteiger partial charge in [-0.15, -0.1) is 0 Å². The zero-order valence-corrected chi connectivity index (χ0v) is 18.5. The standard InChI is InChI=1S/C24H28N2O.C2H6/c1-14-15(2)23-22(21-7-5-4-6-20(14)21)25-13-24(27-23)18-9-16-8-17(10-18)12-19(11-16)26(24)3;1-2/h4-7,13,16-19H,8-12H2,1-3H3;1-2H3. The molecule has 5 aliphatic rings. The maximum absolute atomic E-state index is 7.03. The first-order valence-corrected chi connectivity index (χ1v) is 11.6. The Balaban J connectivity index is 0.000000882. The zero-order chi connectivity index (χ0) is 20.3. The van der Waals surface area contributed by atoms with Gasteiger partial charge < -0.3 is 4.74 Å². The highest BCUT2D eigenvalue weighted by Crippen LogP contribution is 2.55. The number of benzene rings is 2. The van der Waals surface area contributed by atoms with Crippen LogP contribution in [0.15, 0.2) is 29.3 Å². The molecule has 2 aliphatic carbocycles. The Morgan fingerprint density at radius 1 is 0.931 bits per heavy atom. The summed E-state index contributed by atoms with van der Waals surface area (Å²) in [5.41, 5.74) is 3.23. The Bertz CT molecular complexity index is 966. The van der Waals surface area contributed by atoms with E-state index in [4.69, 9.17) is 9.73 Å². The lowest BCUT2D eigenvalue weighted by Crippen LogP contribution is -2.59. The summed E-state index contributed by atoms with van der Waals surface area (Å²) in [6.07, 6.45) is 8.88. The van der Waals surface area contributed by atoms with E-state index in [-0.39, 0.29) is 5.72 Å². The minimum Gasteiger partial charge on any atom is -0.464 e. The van der Waals surface area contributed by atoms with Crippen LogP contribution in [0.1, 0.15) is 57.1 Å². The van der Waals surface area contributed by atoms with E-state index in [0.717, 1.165) is 23.3 Å². The third-order valence-electron chi connectivity index (χ3n) is 8.15. The molecule has 0 N–H and O–H groups in total. The monoisotopic (exact) mass is 390 g/mol. The highest BCUT2D eigenvalue weighted by atomic mass is 16.5. The second-order valence-corrected chi connectivity index (χ2v) is 9.46. The third kappa shape index (κ3) is 2.63. The average Bonchev–Trinajstić information content (AvgIpc) is 2.87. The first-order chi connectivity index (χ1) is 14.1. The number of hydrogen-bond donors (Lipinski definition) is 0. The number of fused-ring (bicyclic) bond motifs is 3. The molecule has 2 saturated carbocycles. The van der Waals surface area contributed by atoms with Crippen molar-refractivity contribution in [3.05, 3.63) is 35.4 Å². The fourth-order valence-corrected chi connectivity index (χ4v) is 6.68. The molecule has 2 aromatic carbocycles. The molecule has 1 spiro atoms. The Hall–Kier alpha value is -1.87. The molecule has 0 radical (unpaired) electrons. The maximum Gasteiger partial charge on any atom is 0.202 e. The first-order valence-electron chi connectivity index (χ1n) is 11.6. The lowest BCUT2D eigenvalue weighted by Gasteiger charge is -2.46. The number of ether oxygens (including phenoxy) is 1. The Morgan fingerprint density at radius 3 is 2.28 bits per heavy atom. The third-order valence-corrected chi connectivity index (χ3v) is 8.15. The molecule has 0 aromatic heterocycles. The van der Waals surface area contributed by atoms with Gasteiger partial charge in [-0.25, -0.2) is 0 Å². The van der Waals surface area contributed by atoms with Crippen molar-refractivity contribution in [3.63, 3.8) is 0 Å². The molecule has 3 heterocycles. The smallest absolute Gasteiger partial charge is 0.202 e. The SMILES string of the molecule is CC.Cc1c2c(c3ccccc3c1C)N=CC1(O2)C2CC3CC(CC(C3)N1C)C2. The van der Waals surface area contributed by atoms with Crippen molar-refractivity contribution in [2.75, 3.05) is 7.05 Å². The fraction of sp³-hybridized carbons (Fsp3) is 0.577. The van der Waals surface area contributed by atoms with E-state index in [2.05, 4.69) is 56.3 Å². The predicted octanol–water partition coefficient (Wildman–Crippen LogP) is 6.41. The highest BCUT2D eigenvalue weighted by molar-refractivity contribution is 6.01. The van der Waals surface area contributed by atoms with Crippen LogP contribution >= 0.6 is 0 Å². The van der Waals surface area contributed by atoms with E-state index >= 15 is 0 Å². The lowest BCUT2D eigenvalue weighted by molar-refractivity contribution is -0.0627. The Kier molecular flexibility index (Phi) is 4.51. The zero-order valence-electron chi connectivity index (χ0n) is 18.5. The van der Waals surface area contributed by atoms with Gasteiger partial charge in [0.1, 0.15) is 5.69 Å². The van der Waals surface area contributed by atoms with E-state index in [0.29, 0.717) is 12.0 Å². The Morgan fingerprint density at radius 2 is 1.59 bits per heavy atom. The van der Waals surface area contributed by atoms with Crippen LogP contribution in [0.25, 0.3) is 10.8 Å². The van der Waals surface area contributed by atoms with E-state index in [1.54, 1.807) is 0 Å². The maximum atomic E-state index is 7.03.